The highest BCUT2D eigenvalue weighted by atomic mass is 16.3. The summed E-state index contributed by atoms with van der Waals surface area (Å²) in [5.41, 5.74) is -0.0969. The molecule has 58 valence electrons. The molecule has 0 spiro atoms. The van der Waals surface area contributed by atoms with Crippen molar-refractivity contribution in [1.82, 2.24) is 0 Å². The Kier molecular flexibility index (Phi) is 1.81. The number of aliphatic hydroxyl groups is 3. The smallest absolute Gasteiger partial charge is 0.168 e. The van der Waals surface area contributed by atoms with Gasteiger partial charge in [-0.2, -0.15) is 0 Å². The predicted molar refractivity (Wildman–Crippen MR) is 36.6 cm³/mol. The van der Waals surface area contributed by atoms with Gasteiger partial charge in [0.2, 0.25) is 0 Å². The van der Waals surface area contributed by atoms with Crippen LogP contribution in [-0.4, -0.2) is 27.4 Å². The molecule has 0 aliphatic heterocycles. The lowest BCUT2D eigenvalue weighted by atomic mass is 10.0. The van der Waals surface area contributed by atoms with Gasteiger partial charge in [0.15, 0.2) is 11.5 Å². The molecule has 1 rings (SSSR count). The van der Waals surface area contributed by atoms with Crippen LogP contribution in [0.5, 0.6) is 0 Å². The normalized spacial score (nSPS) is 23.7. The molecule has 1 unspecified atom stereocenters. The minimum absolute atomic E-state index is 0.0969. The first-order valence-corrected chi connectivity index (χ1v) is 2.90. The van der Waals surface area contributed by atoms with Crippen molar-refractivity contribution in [1.29, 1.82) is 0 Å². The topological polar surface area (TPSA) is 77.8 Å². The maximum atomic E-state index is 10.0. The van der Waals surface area contributed by atoms with Gasteiger partial charge in [0.1, 0.15) is 12.0 Å². The second-order valence-corrected chi connectivity index (χ2v) is 2.06. The molecule has 3 N–H and O–H groups in total. The molecule has 1 atom stereocenters. The second-order valence-electron chi connectivity index (χ2n) is 2.06. The Morgan fingerprint density at radius 3 is 2.55 bits per heavy atom. The molecule has 1 aliphatic rings. The average molecular weight is 154 g/mol. The van der Waals surface area contributed by atoms with E-state index in [2.05, 4.69) is 0 Å². The highest BCUT2D eigenvalue weighted by Gasteiger charge is 2.21. The van der Waals surface area contributed by atoms with Gasteiger partial charge in [-0.25, -0.2) is 4.79 Å². The van der Waals surface area contributed by atoms with E-state index in [1.807, 2.05) is 0 Å². The second kappa shape index (κ2) is 2.62. The van der Waals surface area contributed by atoms with Gasteiger partial charge in [0.25, 0.3) is 0 Å². The van der Waals surface area contributed by atoms with Gasteiger partial charge >= 0.3 is 0 Å². The van der Waals surface area contributed by atoms with Crippen LogP contribution >= 0.6 is 0 Å². The lowest BCUT2D eigenvalue weighted by molar-refractivity contribution is 0.170. The summed E-state index contributed by atoms with van der Waals surface area (Å²) in [5, 5.41) is 26.7. The van der Waals surface area contributed by atoms with Crippen LogP contribution in [0.15, 0.2) is 29.2 Å². The molecule has 4 heteroatoms. The summed E-state index contributed by atoms with van der Waals surface area (Å²) < 4.78 is 0. The molecule has 0 aromatic rings. The molecule has 0 fully saturated rings. The average Bonchev–Trinajstić information content (AvgIpc) is 2.01. The van der Waals surface area contributed by atoms with E-state index in [4.69, 9.17) is 15.3 Å². The summed E-state index contributed by atoms with van der Waals surface area (Å²) in [6.45, 7) is 0. The Bertz CT molecular complexity index is 281. The van der Waals surface area contributed by atoms with Crippen LogP contribution in [0, 0.1) is 0 Å². The van der Waals surface area contributed by atoms with E-state index >= 15 is 0 Å². The summed E-state index contributed by atoms with van der Waals surface area (Å²) in [6, 6.07) is 0. The molecule has 0 saturated heterocycles. The van der Waals surface area contributed by atoms with E-state index in [-0.39, 0.29) is 5.57 Å². The third kappa shape index (κ3) is 1.17. The van der Waals surface area contributed by atoms with Crippen molar-refractivity contribution < 1.29 is 20.1 Å². The van der Waals surface area contributed by atoms with Crippen LogP contribution in [-0.2, 0) is 4.79 Å². The van der Waals surface area contributed by atoms with E-state index < -0.39 is 17.6 Å². The van der Waals surface area contributed by atoms with Gasteiger partial charge in [0, 0.05) is 0 Å². The third-order valence-electron chi connectivity index (χ3n) is 1.35. The molecule has 0 radical (unpaired) electrons. The maximum Gasteiger partial charge on any atom is 0.168 e. The van der Waals surface area contributed by atoms with Gasteiger partial charge in [0.05, 0.1) is 5.57 Å². The highest BCUT2D eigenvalue weighted by molar-refractivity contribution is 5.62. The summed E-state index contributed by atoms with van der Waals surface area (Å²) in [7, 11) is 0. The Morgan fingerprint density at radius 1 is 1.36 bits per heavy atom. The van der Waals surface area contributed by atoms with Crippen LogP contribution < -0.4 is 0 Å². The number of rotatable bonds is 0. The summed E-state index contributed by atoms with van der Waals surface area (Å²) >= 11 is 0. The molecule has 1 aliphatic carbocycles. The van der Waals surface area contributed by atoms with Gasteiger partial charge in [-0.3, -0.25) is 0 Å². The number of aliphatic hydroxyl groups excluding tert-OH is 3. The summed E-state index contributed by atoms with van der Waals surface area (Å²) in [5.74, 6) is 0.376. The van der Waals surface area contributed by atoms with Crippen molar-refractivity contribution in [3.05, 3.63) is 29.2 Å². The molecule has 0 aromatic heterocycles. The fourth-order valence-corrected chi connectivity index (χ4v) is 0.722. The first-order chi connectivity index (χ1) is 5.16. The number of allylic oxidation sites excluding steroid dienone is 1. The third-order valence-corrected chi connectivity index (χ3v) is 1.35. The van der Waals surface area contributed by atoms with Crippen LogP contribution in [0.4, 0.5) is 0 Å². The quantitative estimate of drug-likeness (QED) is 0.429. The molecule has 0 aromatic carbocycles. The first-order valence-electron chi connectivity index (χ1n) is 2.90. The molecule has 0 saturated carbocycles. The van der Waals surface area contributed by atoms with Gasteiger partial charge in [-0.15, -0.1) is 0 Å². The van der Waals surface area contributed by atoms with E-state index in [1.54, 1.807) is 0 Å². The van der Waals surface area contributed by atoms with Crippen molar-refractivity contribution in [2.24, 2.45) is 0 Å². The molecule has 11 heavy (non-hydrogen) atoms. The predicted octanol–water partition coefficient (Wildman–Crippen LogP) is 0.00270. The van der Waals surface area contributed by atoms with Crippen molar-refractivity contribution in [3.8, 4) is 0 Å². The SMILES string of the molecule is O=C=C1C=CC(O)=C(O)C1O. The highest BCUT2D eigenvalue weighted by Crippen LogP contribution is 2.17. The monoisotopic (exact) mass is 154 g/mol. The molecule has 0 heterocycles. The molecule has 0 amide bonds. The Hall–Kier alpha value is -1.51. The fourth-order valence-electron chi connectivity index (χ4n) is 0.722. The van der Waals surface area contributed by atoms with E-state index in [1.165, 1.54) is 12.0 Å². The summed E-state index contributed by atoms with van der Waals surface area (Å²) in [6.07, 6.45) is 0.854. The van der Waals surface area contributed by atoms with Crippen LogP contribution in [0.25, 0.3) is 0 Å². The van der Waals surface area contributed by atoms with E-state index in [0.29, 0.717) is 0 Å². The Labute approximate surface area is 62.4 Å². The van der Waals surface area contributed by atoms with Gasteiger partial charge < -0.3 is 15.3 Å². The van der Waals surface area contributed by atoms with Crippen LogP contribution in [0.2, 0.25) is 0 Å². The van der Waals surface area contributed by atoms with Gasteiger partial charge in [-0.1, -0.05) is 0 Å². The molecule has 0 bridgehead atoms. The Morgan fingerprint density at radius 2 is 2.00 bits per heavy atom. The number of hydrogen-bond acceptors (Lipinski definition) is 4. The lowest BCUT2D eigenvalue weighted by Gasteiger charge is -2.12. The van der Waals surface area contributed by atoms with Crippen molar-refractivity contribution in [3.63, 3.8) is 0 Å². The summed E-state index contributed by atoms with van der Waals surface area (Å²) in [4.78, 5) is 10.0. The van der Waals surface area contributed by atoms with Crippen LogP contribution in [0.3, 0.4) is 0 Å². The zero-order valence-corrected chi connectivity index (χ0v) is 5.48. The van der Waals surface area contributed by atoms with Gasteiger partial charge in [-0.05, 0) is 12.2 Å². The fraction of sp³-hybridized carbons (Fsp3) is 0.143. The largest absolute Gasteiger partial charge is 0.506 e. The molecule has 4 nitrogen and oxygen atoms in total. The van der Waals surface area contributed by atoms with E-state index in [9.17, 15) is 4.79 Å². The standard InChI is InChI=1S/C7H6O4/c8-3-4-1-2-5(9)7(11)6(4)10/h1-2,6,9-11H. The molecular weight excluding hydrogens is 148 g/mol. The number of hydrogen-bond donors (Lipinski definition) is 3. The van der Waals surface area contributed by atoms with Crippen molar-refractivity contribution in [2.45, 2.75) is 6.10 Å². The lowest BCUT2D eigenvalue weighted by Crippen LogP contribution is -2.17. The molecular formula is C7H6O4. The van der Waals surface area contributed by atoms with Crippen LogP contribution in [0.1, 0.15) is 0 Å². The Balaban J connectivity index is 3.10. The van der Waals surface area contributed by atoms with E-state index in [0.717, 1.165) is 6.08 Å². The van der Waals surface area contributed by atoms with Crippen molar-refractivity contribution >= 4 is 5.94 Å². The first kappa shape index (κ1) is 7.60. The maximum absolute atomic E-state index is 10.0. The minimum Gasteiger partial charge on any atom is -0.506 e. The minimum atomic E-state index is -1.45. The zero-order chi connectivity index (χ0) is 8.43. The van der Waals surface area contributed by atoms with Crippen molar-refractivity contribution in [2.75, 3.05) is 0 Å². The number of carbonyl (C=O) groups excluding carboxylic acids is 1. The zero-order valence-electron chi connectivity index (χ0n) is 5.48.